The number of aromatic amines is 1. The highest BCUT2D eigenvalue weighted by atomic mass is 79.9. The van der Waals surface area contributed by atoms with Crippen LogP contribution in [0.3, 0.4) is 0 Å². The number of methoxy groups -OCH3 is 1. The van der Waals surface area contributed by atoms with E-state index in [0.717, 1.165) is 21.3 Å². The normalized spacial score (nSPS) is 10.3. The van der Waals surface area contributed by atoms with Crippen LogP contribution in [0, 0.1) is 6.92 Å². The highest BCUT2D eigenvalue weighted by Crippen LogP contribution is 2.27. The van der Waals surface area contributed by atoms with Crippen LogP contribution in [0.25, 0.3) is 11.3 Å². The molecular formula is C12H11BrN2O2. The minimum absolute atomic E-state index is 0.349. The maximum absolute atomic E-state index is 11.3. The standard InChI is InChI=1S/C12H11BrN2O2/c1-7-8(4-3-5-9(7)13)10-6-11(15-14-10)12(16)17-2/h3-6H,1-2H3,(H,14,15). The zero-order chi connectivity index (χ0) is 12.4. The van der Waals surface area contributed by atoms with Gasteiger partial charge in [-0.05, 0) is 24.6 Å². The third kappa shape index (κ3) is 2.24. The lowest BCUT2D eigenvalue weighted by atomic mass is 10.1. The molecule has 0 saturated carbocycles. The molecule has 4 nitrogen and oxygen atoms in total. The second-order valence-corrected chi connectivity index (χ2v) is 4.43. The summed E-state index contributed by atoms with van der Waals surface area (Å²) in [5, 5.41) is 6.77. The van der Waals surface area contributed by atoms with E-state index in [4.69, 9.17) is 0 Å². The third-order valence-corrected chi connectivity index (χ3v) is 3.39. The van der Waals surface area contributed by atoms with Gasteiger partial charge < -0.3 is 4.74 Å². The number of nitrogens with zero attached hydrogens (tertiary/aromatic N) is 1. The topological polar surface area (TPSA) is 55.0 Å². The molecule has 0 aliphatic rings. The Labute approximate surface area is 107 Å². The second kappa shape index (κ2) is 4.71. The minimum atomic E-state index is -0.420. The molecule has 0 aliphatic heterocycles. The molecule has 0 amide bonds. The number of halogens is 1. The van der Waals surface area contributed by atoms with Gasteiger partial charge in [0, 0.05) is 10.0 Å². The molecular weight excluding hydrogens is 284 g/mol. The first-order chi connectivity index (χ1) is 8.13. The van der Waals surface area contributed by atoms with Gasteiger partial charge in [-0.1, -0.05) is 28.1 Å². The Hall–Kier alpha value is -1.62. The molecule has 88 valence electrons. The Morgan fingerprint density at radius 1 is 1.47 bits per heavy atom. The van der Waals surface area contributed by atoms with Gasteiger partial charge in [0.25, 0.3) is 0 Å². The molecule has 1 heterocycles. The minimum Gasteiger partial charge on any atom is -0.464 e. The quantitative estimate of drug-likeness (QED) is 0.867. The molecule has 0 fully saturated rings. The summed E-state index contributed by atoms with van der Waals surface area (Å²) in [4.78, 5) is 11.3. The van der Waals surface area contributed by atoms with Crippen molar-refractivity contribution in [2.24, 2.45) is 0 Å². The zero-order valence-corrected chi connectivity index (χ0v) is 11.0. The molecule has 1 aromatic carbocycles. The van der Waals surface area contributed by atoms with Gasteiger partial charge in [0.15, 0.2) is 0 Å². The van der Waals surface area contributed by atoms with E-state index >= 15 is 0 Å². The monoisotopic (exact) mass is 294 g/mol. The van der Waals surface area contributed by atoms with Crippen LogP contribution in [0.2, 0.25) is 0 Å². The Morgan fingerprint density at radius 2 is 2.24 bits per heavy atom. The first-order valence-electron chi connectivity index (χ1n) is 5.02. The number of hydrogen-bond acceptors (Lipinski definition) is 3. The number of aromatic nitrogens is 2. The van der Waals surface area contributed by atoms with E-state index in [9.17, 15) is 4.79 Å². The lowest BCUT2D eigenvalue weighted by Gasteiger charge is -2.03. The molecule has 0 unspecified atom stereocenters. The fourth-order valence-corrected chi connectivity index (χ4v) is 1.93. The van der Waals surface area contributed by atoms with Crippen LogP contribution in [0.5, 0.6) is 0 Å². The molecule has 0 aliphatic carbocycles. The molecule has 0 bridgehead atoms. The third-order valence-electron chi connectivity index (χ3n) is 2.53. The van der Waals surface area contributed by atoms with E-state index in [1.54, 1.807) is 6.07 Å². The van der Waals surface area contributed by atoms with Gasteiger partial charge in [-0.2, -0.15) is 5.10 Å². The summed E-state index contributed by atoms with van der Waals surface area (Å²) in [6.45, 7) is 1.99. The van der Waals surface area contributed by atoms with Gasteiger partial charge in [0.1, 0.15) is 5.69 Å². The number of benzene rings is 1. The lowest BCUT2D eigenvalue weighted by molar-refractivity contribution is 0.0594. The van der Waals surface area contributed by atoms with E-state index in [1.165, 1.54) is 7.11 Å². The van der Waals surface area contributed by atoms with Crippen molar-refractivity contribution in [3.8, 4) is 11.3 Å². The molecule has 1 N–H and O–H groups in total. The highest BCUT2D eigenvalue weighted by Gasteiger charge is 2.12. The molecule has 2 aromatic rings. The van der Waals surface area contributed by atoms with Crippen molar-refractivity contribution in [2.75, 3.05) is 7.11 Å². The number of nitrogens with one attached hydrogen (secondary N) is 1. The first kappa shape index (κ1) is 11.9. The largest absolute Gasteiger partial charge is 0.464 e. The number of rotatable bonds is 2. The van der Waals surface area contributed by atoms with Crippen LogP contribution in [-0.2, 0) is 4.74 Å². The fourth-order valence-electron chi connectivity index (χ4n) is 1.56. The van der Waals surface area contributed by atoms with Gasteiger partial charge in [0.05, 0.1) is 12.8 Å². The predicted octanol–water partition coefficient (Wildman–Crippen LogP) is 2.93. The number of esters is 1. The molecule has 17 heavy (non-hydrogen) atoms. The van der Waals surface area contributed by atoms with Crippen LogP contribution in [0.1, 0.15) is 16.1 Å². The number of hydrogen-bond donors (Lipinski definition) is 1. The number of ether oxygens (including phenoxy) is 1. The molecule has 1 aromatic heterocycles. The Bertz CT molecular complexity index is 563. The molecule has 0 spiro atoms. The zero-order valence-electron chi connectivity index (χ0n) is 9.45. The average molecular weight is 295 g/mol. The van der Waals surface area contributed by atoms with Gasteiger partial charge >= 0.3 is 5.97 Å². The first-order valence-corrected chi connectivity index (χ1v) is 5.82. The molecule has 2 rings (SSSR count). The van der Waals surface area contributed by atoms with Crippen molar-refractivity contribution >= 4 is 21.9 Å². The molecule has 5 heteroatoms. The Balaban J connectivity index is 2.44. The van der Waals surface area contributed by atoms with Crippen molar-refractivity contribution in [3.05, 3.63) is 40.0 Å². The van der Waals surface area contributed by atoms with E-state index in [-0.39, 0.29) is 0 Å². The van der Waals surface area contributed by atoms with Gasteiger partial charge in [-0.3, -0.25) is 5.10 Å². The van der Waals surface area contributed by atoms with E-state index in [2.05, 4.69) is 30.9 Å². The van der Waals surface area contributed by atoms with Crippen LogP contribution in [0.15, 0.2) is 28.7 Å². The SMILES string of the molecule is COC(=O)c1cc(-c2cccc(Br)c2C)n[nH]1. The summed E-state index contributed by atoms with van der Waals surface area (Å²) >= 11 is 3.46. The molecule has 0 saturated heterocycles. The van der Waals surface area contributed by atoms with Crippen LogP contribution < -0.4 is 0 Å². The summed E-state index contributed by atoms with van der Waals surface area (Å²) in [6.07, 6.45) is 0. The number of carbonyl (C=O) groups is 1. The van der Waals surface area contributed by atoms with Crippen molar-refractivity contribution in [2.45, 2.75) is 6.92 Å². The van der Waals surface area contributed by atoms with Crippen LogP contribution in [0.4, 0.5) is 0 Å². The second-order valence-electron chi connectivity index (χ2n) is 3.57. The van der Waals surface area contributed by atoms with Crippen molar-refractivity contribution < 1.29 is 9.53 Å². The Morgan fingerprint density at radius 3 is 2.94 bits per heavy atom. The lowest BCUT2D eigenvalue weighted by Crippen LogP contribution is -2.00. The van der Waals surface area contributed by atoms with E-state index < -0.39 is 5.97 Å². The summed E-state index contributed by atoms with van der Waals surface area (Å²) in [6, 6.07) is 7.53. The van der Waals surface area contributed by atoms with Crippen molar-refractivity contribution in [1.29, 1.82) is 0 Å². The summed E-state index contributed by atoms with van der Waals surface area (Å²) in [7, 11) is 1.34. The average Bonchev–Trinajstić information content (AvgIpc) is 2.81. The predicted molar refractivity (Wildman–Crippen MR) is 67.8 cm³/mol. The Kier molecular flexibility index (Phi) is 3.28. The van der Waals surface area contributed by atoms with Crippen molar-refractivity contribution in [1.82, 2.24) is 10.2 Å². The van der Waals surface area contributed by atoms with Gasteiger partial charge in [-0.15, -0.1) is 0 Å². The fraction of sp³-hybridized carbons (Fsp3) is 0.167. The van der Waals surface area contributed by atoms with E-state index in [0.29, 0.717) is 5.69 Å². The van der Waals surface area contributed by atoms with Gasteiger partial charge in [-0.25, -0.2) is 4.79 Å². The molecule has 0 atom stereocenters. The summed E-state index contributed by atoms with van der Waals surface area (Å²) in [5.74, 6) is -0.420. The smallest absolute Gasteiger partial charge is 0.356 e. The van der Waals surface area contributed by atoms with Crippen LogP contribution >= 0.6 is 15.9 Å². The van der Waals surface area contributed by atoms with Gasteiger partial charge in [0.2, 0.25) is 0 Å². The van der Waals surface area contributed by atoms with Crippen LogP contribution in [-0.4, -0.2) is 23.3 Å². The number of H-pyrrole nitrogens is 1. The highest BCUT2D eigenvalue weighted by molar-refractivity contribution is 9.10. The number of carbonyl (C=O) groups excluding carboxylic acids is 1. The summed E-state index contributed by atoms with van der Waals surface area (Å²) in [5.41, 5.74) is 3.13. The van der Waals surface area contributed by atoms with E-state index in [1.807, 2.05) is 25.1 Å². The molecule has 0 radical (unpaired) electrons. The maximum atomic E-state index is 11.3. The summed E-state index contributed by atoms with van der Waals surface area (Å²) < 4.78 is 5.63. The maximum Gasteiger partial charge on any atom is 0.356 e. The van der Waals surface area contributed by atoms with Crippen molar-refractivity contribution in [3.63, 3.8) is 0 Å².